The molecular formula is C23H18ClN5O. The number of nitrogens with zero attached hydrogens (tertiary/aromatic N) is 3. The molecule has 4 aromatic rings. The Morgan fingerprint density at radius 1 is 1.13 bits per heavy atom. The van der Waals surface area contributed by atoms with E-state index in [1.807, 2.05) is 36.4 Å². The van der Waals surface area contributed by atoms with Crippen LogP contribution in [0.15, 0.2) is 54.7 Å². The monoisotopic (exact) mass is 415 g/mol. The minimum atomic E-state index is 0.363. The van der Waals surface area contributed by atoms with Crippen LogP contribution in [-0.4, -0.2) is 22.1 Å². The second kappa shape index (κ2) is 8.27. The molecule has 4 rings (SSSR count). The molecule has 0 saturated carbocycles. The fourth-order valence-electron chi connectivity index (χ4n) is 2.99. The largest absolute Gasteiger partial charge is 0.497 e. The van der Waals surface area contributed by atoms with Crippen molar-refractivity contribution in [3.05, 3.63) is 70.9 Å². The van der Waals surface area contributed by atoms with Crippen molar-refractivity contribution in [3.8, 4) is 29.5 Å². The topological polar surface area (TPSA) is 86.0 Å². The quantitative estimate of drug-likeness (QED) is 0.466. The van der Waals surface area contributed by atoms with Crippen LogP contribution in [0.5, 0.6) is 5.75 Å². The third kappa shape index (κ3) is 3.97. The van der Waals surface area contributed by atoms with E-state index in [2.05, 4.69) is 26.2 Å². The van der Waals surface area contributed by atoms with Gasteiger partial charge in [0.25, 0.3) is 0 Å². The summed E-state index contributed by atoms with van der Waals surface area (Å²) in [6.45, 7) is 0.612. The van der Waals surface area contributed by atoms with Gasteiger partial charge in [-0.3, -0.25) is 0 Å². The Bertz CT molecular complexity index is 1270. The smallest absolute Gasteiger partial charge is 0.162 e. The predicted octanol–water partition coefficient (Wildman–Crippen LogP) is 4.53. The SMILES string of the molecule is C#Cc1cc(-c2nc(N)c3cc(NCc4ccc(OC)cc4)ncc3n2)ccc1Cl. The number of rotatable bonds is 5. The maximum Gasteiger partial charge on any atom is 0.162 e. The zero-order valence-electron chi connectivity index (χ0n) is 16.2. The highest BCUT2D eigenvalue weighted by Crippen LogP contribution is 2.27. The molecule has 0 bridgehead atoms. The molecule has 0 saturated heterocycles. The molecule has 0 spiro atoms. The first-order valence-electron chi connectivity index (χ1n) is 9.14. The van der Waals surface area contributed by atoms with Crippen LogP contribution in [0.2, 0.25) is 5.02 Å². The Kier molecular flexibility index (Phi) is 5.38. The number of ether oxygens (including phenoxy) is 1. The summed E-state index contributed by atoms with van der Waals surface area (Å²) >= 11 is 6.09. The minimum absolute atomic E-state index is 0.363. The van der Waals surface area contributed by atoms with Gasteiger partial charge in [0.2, 0.25) is 0 Å². The molecule has 0 radical (unpaired) electrons. The lowest BCUT2D eigenvalue weighted by atomic mass is 10.1. The first-order chi connectivity index (χ1) is 14.6. The third-order valence-electron chi connectivity index (χ3n) is 4.62. The zero-order chi connectivity index (χ0) is 21.1. The molecule has 2 aromatic carbocycles. The van der Waals surface area contributed by atoms with Crippen molar-refractivity contribution < 1.29 is 4.74 Å². The summed E-state index contributed by atoms with van der Waals surface area (Å²) in [7, 11) is 1.64. The summed E-state index contributed by atoms with van der Waals surface area (Å²) in [5.74, 6) is 4.88. The van der Waals surface area contributed by atoms with Gasteiger partial charge in [-0.1, -0.05) is 29.7 Å². The van der Waals surface area contributed by atoms with Gasteiger partial charge in [-0.25, -0.2) is 15.0 Å². The molecule has 30 heavy (non-hydrogen) atoms. The summed E-state index contributed by atoms with van der Waals surface area (Å²) in [6, 6.07) is 15.0. The number of hydrogen-bond donors (Lipinski definition) is 2. The first-order valence-corrected chi connectivity index (χ1v) is 9.52. The lowest BCUT2D eigenvalue weighted by molar-refractivity contribution is 0.414. The van der Waals surface area contributed by atoms with E-state index >= 15 is 0 Å². The first kappa shape index (κ1) is 19.5. The van der Waals surface area contributed by atoms with Crippen LogP contribution in [0.25, 0.3) is 22.3 Å². The van der Waals surface area contributed by atoms with Gasteiger partial charge < -0.3 is 15.8 Å². The van der Waals surface area contributed by atoms with E-state index in [0.29, 0.717) is 40.1 Å². The average molecular weight is 416 g/mol. The van der Waals surface area contributed by atoms with Crippen LogP contribution in [0.1, 0.15) is 11.1 Å². The van der Waals surface area contributed by atoms with Crippen molar-refractivity contribution in [3.63, 3.8) is 0 Å². The van der Waals surface area contributed by atoms with E-state index in [1.165, 1.54) is 0 Å². The summed E-state index contributed by atoms with van der Waals surface area (Å²) in [6.07, 6.45) is 7.17. The van der Waals surface area contributed by atoms with Gasteiger partial charge >= 0.3 is 0 Å². The Morgan fingerprint density at radius 2 is 1.93 bits per heavy atom. The van der Waals surface area contributed by atoms with Crippen molar-refractivity contribution in [2.24, 2.45) is 0 Å². The van der Waals surface area contributed by atoms with Crippen LogP contribution in [0.4, 0.5) is 11.6 Å². The second-order valence-corrected chi connectivity index (χ2v) is 6.97. The van der Waals surface area contributed by atoms with Gasteiger partial charge in [-0.05, 0) is 42.0 Å². The molecule has 3 N–H and O–H groups in total. The molecule has 0 aliphatic rings. The van der Waals surface area contributed by atoms with Gasteiger partial charge in [-0.2, -0.15) is 0 Å². The van der Waals surface area contributed by atoms with E-state index in [1.54, 1.807) is 25.4 Å². The number of nitrogen functional groups attached to an aromatic ring is 1. The minimum Gasteiger partial charge on any atom is -0.497 e. The highest BCUT2D eigenvalue weighted by Gasteiger charge is 2.10. The van der Waals surface area contributed by atoms with Crippen LogP contribution in [0, 0.1) is 12.3 Å². The maximum absolute atomic E-state index is 6.22. The molecule has 7 heteroatoms. The van der Waals surface area contributed by atoms with Gasteiger partial charge in [0.15, 0.2) is 5.82 Å². The predicted molar refractivity (Wildman–Crippen MR) is 120 cm³/mol. The number of nitrogens with two attached hydrogens (primary N) is 1. The average Bonchev–Trinajstić information content (AvgIpc) is 2.78. The van der Waals surface area contributed by atoms with E-state index < -0.39 is 0 Å². The van der Waals surface area contributed by atoms with E-state index in [0.717, 1.165) is 22.3 Å². The van der Waals surface area contributed by atoms with Crippen molar-refractivity contribution >= 4 is 34.1 Å². The highest BCUT2D eigenvalue weighted by molar-refractivity contribution is 6.31. The van der Waals surface area contributed by atoms with E-state index in [9.17, 15) is 0 Å². The normalized spacial score (nSPS) is 10.6. The number of nitrogens with one attached hydrogen (secondary N) is 1. The van der Waals surface area contributed by atoms with Crippen LogP contribution < -0.4 is 15.8 Å². The lowest BCUT2D eigenvalue weighted by Crippen LogP contribution is -2.03. The van der Waals surface area contributed by atoms with Gasteiger partial charge in [0.05, 0.1) is 23.8 Å². The summed E-state index contributed by atoms with van der Waals surface area (Å²) in [5, 5.41) is 4.51. The molecule has 2 heterocycles. The van der Waals surface area contributed by atoms with Crippen molar-refractivity contribution in [1.82, 2.24) is 15.0 Å². The van der Waals surface area contributed by atoms with Gasteiger partial charge in [0.1, 0.15) is 17.4 Å². The van der Waals surface area contributed by atoms with Crippen molar-refractivity contribution in [1.29, 1.82) is 0 Å². The number of benzene rings is 2. The van der Waals surface area contributed by atoms with Crippen molar-refractivity contribution in [2.75, 3.05) is 18.2 Å². The van der Waals surface area contributed by atoms with Gasteiger partial charge in [0, 0.05) is 23.1 Å². The Morgan fingerprint density at radius 3 is 2.67 bits per heavy atom. The summed E-state index contributed by atoms with van der Waals surface area (Å²) < 4.78 is 5.18. The number of halogens is 1. The Labute approximate surface area is 179 Å². The summed E-state index contributed by atoms with van der Waals surface area (Å²) in [4.78, 5) is 13.5. The number of terminal acetylenes is 1. The second-order valence-electron chi connectivity index (χ2n) is 6.56. The molecule has 2 aromatic heterocycles. The molecule has 148 valence electrons. The van der Waals surface area contributed by atoms with Crippen molar-refractivity contribution in [2.45, 2.75) is 6.54 Å². The van der Waals surface area contributed by atoms with Crippen LogP contribution >= 0.6 is 11.6 Å². The number of pyridine rings is 1. The molecule has 0 aliphatic carbocycles. The van der Waals surface area contributed by atoms with E-state index in [-0.39, 0.29) is 0 Å². The summed E-state index contributed by atoms with van der Waals surface area (Å²) in [5.41, 5.74) is 9.28. The molecule has 0 amide bonds. The highest BCUT2D eigenvalue weighted by atomic mass is 35.5. The number of fused-ring (bicyclic) bond motifs is 1. The maximum atomic E-state index is 6.22. The van der Waals surface area contributed by atoms with Crippen LogP contribution in [0.3, 0.4) is 0 Å². The van der Waals surface area contributed by atoms with E-state index in [4.69, 9.17) is 28.5 Å². The molecule has 0 fully saturated rings. The Hall–Kier alpha value is -3.82. The molecule has 0 atom stereocenters. The fraction of sp³-hybridized carbons (Fsp3) is 0.0870. The number of anilines is 2. The third-order valence-corrected chi connectivity index (χ3v) is 4.95. The Balaban J connectivity index is 1.60. The molecule has 0 aliphatic heterocycles. The fourth-order valence-corrected chi connectivity index (χ4v) is 3.16. The molecule has 0 unspecified atom stereocenters. The number of methoxy groups -OCH3 is 1. The van der Waals surface area contributed by atoms with Gasteiger partial charge in [-0.15, -0.1) is 6.42 Å². The lowest BCUT2D eigenvalue weighted by Gasteiger charge is -2.10. The number of aromatic nitrogens is 3. The standard InChI is InChI=1S/C23H18ClN5O/c1-3-15-10-16(6-9-19(15)24)23-28-20-13-27-21(11-18(20)22(25)29-23)26-12-14-4-7-17(30-2)8-5-14/h1,4-11,13H,12H2,2H3,(H,26,27)(H2,25,28,29). The zero-order valence-corrected chi connectivity index (χ0v) is 16.9. The number of hydrogen-bond acceptors (Lipinski definition) is 6. The molecular weight excluding hydrogens is 398 g/mol. The van der Waals surface area contributed by atoms with Crippen LogP contribution in [-0.2, 0) is 6.54 Å². The molecule has 6 nitrogen and oxygen atoms in total.